The molecule has 2 aromatic rings. The summed E-state index contributed by atoms with van der Waals surface area (Å²) in [5, 5.41) is 0. The van der Waals surface area contributed by atoms with E-state index in [-0.39, 0.29) is 0 Å². The molecule has 0 saturated heterocycles. The van der Waals surface area contributed by atoms with Gasteiger partial charge in [-0.05, 0) is 18.9 Å². The second-order valence-electron chi connectivity index (χ2n) is 5.49. The molecule has 0 amide bonds. The van der Waals surface area contributed by atoms with Gasteiger partial charge in [0.1, 0.15) is 6.61 Å². The zero-order chi connectivity index (χ0) is 14.5. The van der Waals surface area contributed by atoms with Gasteiger partial charge in [-0.1, -0.05) is 31.9 Å². The van der Waals surface area contributed by atoms with Gasteiger partial charge in [-0.3, -0.25) is 0 Å². The minimum absolute atomic E-state index is 0.477. The van der Waals surface area contributed by atoms with Crippen LogP contribution in [0.2, 0.25) is 0 Å². The van der Waals surface area contributed by atoms with Crippen LogP contribution in [-0.4, -0.2) is 21.1 Å². The Hall–Kier alpha value is -2.10. The fraction of sp³-hybridized carbons (Fsp3) is 0.412. The highest BCUT2D eigenvalue weighted by molar-refractivity contribution is 5.38. The number of imidazole rings is 1. The summed E-state index contributed by atoms with van der Waals surface area (Å²) in [5.41, 5.74) is 2.20. The van der Waals surface area contributed by atoms with Gasteiger partial charge < -0.3 is 9.30 Å². The Morgan fingerprint density at radius 2 is 2.14 bits per heavy atom. The molecule has 0 spiro atoms. The lowest BCUT2D eigenvalue weighted by Crippen LogP contribution is -2.09. The van der Waals surface area contributed by atoms with Gasteiger partial charge in [0.05, 0.1) is 12.0 Å². The Balaban J connectivity index is 1.93. The number of nitrogens with zero attached hydrogens (tertiary/aromatic N) is 3. The molecule has 110 valence electrons. The number of ether oxygens (including phenoxy) is 1. The monoisotopic (exact) mass is 283 g/mol. The Bertz CT molecular complexity index is 586. The molecule has 0 atom stereocenters. The summed E-state index contributed by atoms with van der Waals surface area (Å²) in [5.74, 6) is 1.22. The summed E-state index contributed by atoms with van der Waals surface area (Å²) in [7, 11) is 0. The highest BCUT2D eigenvalue weighted by Gasteiger charge is 2.18. The largest absolute Gasteiger partial charge is 0.473 e. The molecule has 0 bridgehead atoms. The predicted octanol–water partition coefficient (Wildman–Crippen LogP) is 3.88. The third-order valence-corrected chi connectivity index (χ3v) is 3.98. The van der Waals surface area contributed by atoms with Crippen LogP contribution in [0.25, 0.3) is 5.69 Å². The van der Waals surface area contributed by atoms with Crippen molar-refractivity contribution < 1.29 is 4.74 Å². The molecular formula is C17H21N3O. The van der Waals surface area contributed by atoms with Crippen molar-refractivity contribution in [2.45, 2.75) is 38.0 Å². The molecule has 0 aliphatic heterocycles. The smallest absolute Gasteiger partial charge is 0.215 e. The fourth-order valence-corrected chi connectivity index (χ4v) is 2.90. The fourth-order valence-electron chi connectivity index (χ4n) is 2.90. The zero-order valence-electron chi connectivity index (χ0n) is 12.2. The first kappa shape index (κ1) is 13.9. The number of aromatic nitrogens is 3. The Kier molecular flexibility index (Phi) is 4.34. The van der Waals surface area contributed by atoms with Gasteiger partial charge in [0.25, 0.3) is 0 Å². The first-order chi connectivity index (χ1) is 10.4. The van der Waals surface area contributed by atoms with Gasteiger partial charge in [-0.25, -0.2) is 9.97 Å². The molecule has 21 heavy (non-hydrogen) atoms. The van der Waals surface area contributed by atoms with Crippen molar-refractivity contribution in [2.75, 3.05) is 6.61 Å². The summed E-state index contributed by atoms with van der Waals surface area (Å²) in [6, 6.07) is 4.12. The average Bonchev–Trinajstić information content (AvgIpc) is 3.08. The van der Waals surface area contributed by atoms with Gasteiger partial charge in [0, 0.05) is 30.1 Å². The first-order valence-corrected chi connectivity index (χ1v) is 7.61. The van der Waals surface area contributed by atoms with E-state index in [4.69, 9.17) is 9.72 Å². The van der Waals surface area contributed by atoms with Crippen molar-refractivity contribution in [2.24, 2.45) is 0 Å². The second-order valence-corrected chi connectivity index (χ2v) is 5.49. The van der Waals surface area contributed by atoms with Gasteiger partial charge in [-0.2, -0.15) is 0 Å². The summed E-state index contributed by atoms with van der Waals surface area (Å²) < 4.78 is 7.66. The lowest BCUT2D eigenvalue weighted by Gasteiger charge is -2.22. The maximum atomic E-state index is 5.66. The molecule has 1 saturated carbocycles. The maximum absolute atomic E-state index is 5.66. The van der Waals surface area contributed by atoms with Gasteiger partial charge in [0.15, 0.2) is 0 Å². The maximum Gasteiger partial charge on any atom is 0.215 e. The van der Waals surface area contributed by atoms with E-state index >= 15 is 0 Å². The lowest BCUT2D eigenvalue weighted by molar-refractivity contribution is 0.344. The molecule has 0 unspecified atom stereocenters. The van der Waals surface area contributed by atoms with Crippen molar-refractivity contribution in [1.82, 2.24) is 14.5 Å². The highest BCUT2D eigenvalue weighted by Crippen LogP contribution is 2.33. The molecule has 2 aromatic heterocycles. The number of rotatable bonds is 5. The molecule has 0 aromatic carbocycles. The van der Waals surface area contributed by atoms with Crippen LogP contribution in [-0.2, 0) is 0 Å². The number of hydrogen-bond acceptors (Lipinski definition) is 3. The zero-order valence-corrected chi connectivity index (χ0v) is 12.2. The minimum Gasteiger partial charge on any atom is -0.473 e. The Morgan fingerprint density at radius 3 is 2.86 bits per heavy atom. The van der Waals surface area contributed by atoms with E-state index in [0.717, 1.165) is 11.4 Å². The lowest BCUT2D eigenvalue weighted by atomic mass is 9.86. The Morgan fingerprint density at radius 1 is 1.29 bits per heavy atom. The molecule has 4 heteroatoms. The normalized spacial score (nSPS) is 15.8. The molecule has 0 radical (unpaired) electrons. The van der Waals surface area contributed by atoms with E-state index in [9.17, 15) is 0 Å². The van der Waals surface area contributed by atoms with Crippen LogP contribution in [0.3, 0.4) is 0 Å². The molecule has 0 N–H and O–H groups in total. The minimum atomic E-state index is 0.477. The number of pyridine rings is 1. The highest BCUT2D eigenvalue weighted by atomic mass is 16.5. The van der Waals surface area contributed by atoms with Crippen LogP contribution in [0.5, 0.6) is 5.88 Å². The van der Waals surface area contributed by atoms with Crippen molar-refractivity contribution in [1.29, 1.82) is 0 Å². The quantitative estimate of drug-likeness (QED) is 0.782. The summed E-state index contributed by atoms with van der Waals surface area (Å²) in [6.45, 7) is 4.17. The third-order valence-electron chi connectivity index (χ3n) is 3.98. The molecule has 1 aliphatic carbocycles. The Labute approximate surface area is 125 Å². The van der Waals surface area contributed by atoms with Crippen LogP contribution in [0.4, 0.5) is 0 Å². The van der Waals surface area contributed by atoms with Gasteiger partial charge in [0.2, 0.25) is 5.88 Å². The topological polar surface area (TPSA) is 39.9 Å². The molecule has 1 fully saturated rings. The molecular weight excluding hydrogens is 262 g/mol. The third kappa shape index (κ3) is 3.32. The van der Waals surface area contributed by atoms with E-state index in [0.29, 0.717) is 18.4 Å². The molecule has 3 rings (SSSR count). The molecule has 2 heterocycles. The first-order valence-electron chi connectivity index (χ1n) is 7.61. The van der Waals surface area contributed by atoms with Crippen LogP contribution in [0, 0.1) is 0 Å². The van der Waals surface area contributed by atoms with Crippen LogP contribution >= 0.6 is 0 Å². The van der Waals surface area contributed by atoms with Crippen molar-refractivity contribution in [3.8, 4) is 11.6 Å². The predicted molar refractivity (Wildman–Crippen MR) is 82.9 cm³/mol. The van der Waals surface area contributed by atoms with E-state index < -0.39 is 0 Å². The van der Waals surface area contributed by atoms with E-state index in [2.05, 4.69) is 17.6 Å². The number of hydrogen-bond donors (Lipinski definition) is 0. The van der Waals surface area contributed by atoms with E-state index in [1.165, 1.54) is 32.1 Å². The van der Waals surface area contributed by atoms with Crippen molar-refractivity contribution in [3.05, 3.63) is 49.2 Å². The van der Waals surface area contributed by atoms with Crippen molar-refractivity contribution in [3.63, 3.8) is 0 Å². The summed E-state index contributed by atoms with van der Waals surface area (Å²) in [4.78, 5) is 8.82. The van der Waals surface area contributed by atoms with Crippen LogP contribution in [0.15, 0.2) is 43.5 Å². The van der Waals surface area contributed by atoms with Crippen LogP contribution < -0.4 is 4.74 Å². The SMILES string of the molecule is C=CCOc1cc(-n2ccnc2)cc(C2CCCCC2)n1. The molecule has 1 aliphatic rings. The standard InChI is InChI=1S/C17H21N3O/c1-2-10-21-17-12-15(20-9-8-18-13-20)11-16(19-17)14-6-4-3-5-7-14/h2,8-9,11-14H,1,3-7,10H2. The van der Waals surface area contributed by atoms with Gasteiger partial charge >= 0.3 is 0 Å². The average molecular weight is 283 g/mol. The van der Waals surface area contributed by atoms with E-state index in [1.807, 2.05) is 16.8 Å². The van der Waals surface area contributed by atoms with Crippen molar-refractivity contribution >= 4 is 0 Å². The van der Waals surface area contributed by atoms with Crippen LogP contribution in [0.1, 0.15) is 43.7 Å². The molecule has 4 nitrogen and oxygen atoms in total. The second kappa shape index (κ2) is 6.57. The van der Waals surface area contributed by atoms with Gasteiger partial charge in [-0.15, -0.1) is 0 Å². The van der Waals surface area contributed by atoms with E-state index in [1.54, 1.807) is 18.6 Å². The summed E-state index contributed by atoms with van der Waals surface area (Å²) >= 11 is 0. The summed E-state index contributed by atoms with van der Waals surface area (Å²) in [6.07, 6.45) is 13.7.